The van der Waals surface area contributed by atoms with Crippen molar-refractivity contribution in [2.24, 2.45) is 0 Å². The van der Waals surface area contributed by atoms with Crippen LogP contribution in [0.1, 0.15) is 22.3 Å². The third-order valence-electron chi connectivity index (χ3n) is 4.71. The van der Waals surface area contributed by atoms with E-state index in [1.165, 1.54) is 6.07 Å². The number of hydrogen-bond donors (Lipinski definition) is 1. The van der Waals surface area contributed by atoms with E-state index in [9.17, 15) is 9.50 Å². The minimum atomic E-state index is -1.06. The Balaban J connectivity index is 1.67. The highest BCUT2D eigenvalue weighted by Gasteiger charge is 2.24. The van der Waals surface area contributed by atoms with Crippen LogP contribution in [0.4, 0.5) is 4.39 Å². The molecule has 3 nitrogen and oxygen atoms in total. The Labute approximate surface area is 167 Å². The molecule has 3 aromatic rings. The summed E-state index contributed by atoms with van der Waals surface area (Å²) in [6.07, 6.45) is 0.620. The van der Waals surface area contributed by atoms with Gasteiger partial charge in [-0.05, 0) is 48.4 Å². The van der Waals surface area contributed by atoms with Crippen molar-refractivity contribution in [3.05, 3.63) is 99.8 Å². The quantitative estimate of drug-likeness (QED) is 0.632. The molecule has 5 heteroatoms. The first kappa shape index (κ1) is 18.5. The Bertz CT molecular complexity index is 1030. The van der Waals surface area contributed by atoms with Crippen molar-refractivity contribution in [2.75, 3.05) is 0 Å². The predicted octanol–water partition coefficient (Wildman–Crippen LogP) is 5.51. The Morgan fingerprint density at radius 1 is 1.07 bits per heavy atom. The zero-order valence-electron chi connectivity index (χ0n) is 15.2. The molecule has 4 rings (SSSR count). The van der Waals surface area contributed by atoms with Gasteiger partial charge in [0, 0.05) is 16.7 Å². The minimum Gasteiger partial charge on any atom is -0.488 e. The Hall–Kier alpha value is -2.82. The molecule has 1 aliphatic heterocycles. The van der Waals surface area contributed by atoms with Crippen LogP contribution in [0.2, 0.25) is 5.02 Å². The van der Waals surface area contributed by atoms with Crippen LogP contribution >= 0.6 is 11.6 Å². The maximum Gasteiger partial charge on any atom is 0.218 e. The monoisotopic (exact) mass is 396 g/mol. The number of rotatable bonds is 4. The first-order valence-electron chi connectivity index (χ1n) is 8.86. The van der Waals surface area contributed by atoms with E-state index in [-0.39, 0.29) is 6.61 Å². The average molecular weight is 397 g/mol. The zero-order chi connectivity index (χ0) is 19.7. The summed E-state index contributed by atoms with van der Waals surface area (Å²) in [6, 6.07) is 18.0. The van der Waals surface area contributed by atoms with Crippen LogP contribution in [-0.4, -0.2) is 11.4 Å². The summed E-state index contributed by atoms with van der Waals surface area (Å²) in [6.45, 7) is 1.84. The molecule has 1 heterocycles. The van der Waals surface area contributed by atoms with Crippen LogP contribution in [-0.2, 0) is 6.61 Å². The molecule has 1 aliphatic rings. The van der Waals surface area contributed by atoms with E-state index in [2.05, 4.69) is 0 Å². The molecule has 1 unspecified atom stereocenters. The van der Waals surface area contributed by atoms with Gasteiger partial charge in [0.2, 0.25) is 6.29 Å². The molecule has 28 heavy (non-hydrogen) atoms. The normalized spacial score (nSPS) is 15.4. The van der Waals surface area contributed by atoms with Crippen LogP contribution in [0, 0.1) is 12.7 Å². The van der Waals surface area contributed by atoms with E-state index >= 15 is 0 Å². The largest absolute Gasteiger partial charge is 0.488 e. The smallest absolute Gasteiger partial charge is 0.218 e. The van der Waals surface area contributed by atoms with Crippen molar-refractivity contribution in [2.45, 2.75) is 19.8 Å². The standard InChI is InChI=1S/C23H18ClFO3/c1-14-21(27-13-18-19(24)8-5-9-20(18)25)11-10-16-17(12-22(26)28-23(14)16)15-6-3-2-4-7-15/h2-12,22,26H,13H2,1H3. The van der Waals surface area contributed by atoms with Gasteiger partial charge in [0.1, 0.15) is 23.9 Å². The van der Waals surface area contributed by atoms with Crippen LogP contribution in [0.5, 0.6) is 11.5 Å². The molecular weight excluding hydrogens is 379 g/mol. The van der Waals surface area contributed by atoms with E-state index in [4.69, 9.17) is 21.1 Å². The van der Waals surface area contributed by atoms with E-state index < -0.39 is 12.1 Å². The molecular formula is C23H18ClFO3. The SMILES string of the molecule is Cc1c(OCc2c(F)cccc2Cl)ccc2c1OC(O)C=C2c1ccccc1. The number of hydrogen-bond acceptors (Lipinski definition) is 3. The van der Waals surface area contributed by atoms with Gasteiger partial charge in [-0.15, -0.1) is 0 Å². The molecule has 0 saturated heterocycles. The van der Waals surface area contributed by atoms with Gasteiger partial charge in [0.15, 0.2) is 0 Å². The van der Waals surface area contributed by atoms with Gasteiger partial charge in [0.05, 0.1) is 5.02 Å². The fourth-order valence-electron chi connectivity index (χ4n) is 3.27. The summed E-state index contributed by atoms with van der Waals surface area (Å²) in [5, 5.41) is 10.5. The van der Waals surface area contributed by atoms with Gasteiger partial charge in [-0.2, -0.15) is 0 Å². The van der Waals surface area contributed by atoms with Crippen LogP contribution < -0.4 is 9.47 Å². The lowest BCUT2D eigenvalue weighted by molar-refractivity contribution is 0.0218. The van der Waals surface area contributed by atoms with Crippen molar-refractivity contribution in [3.8, 4) is 11.5 Å². The zero-order valence-corrected chi connectivity index (χ0v) is 15.9. The molecule has 0 amide bonds. The maximum atomic E-state index is 14.0. The fraction of sp³-hybridized carbons (Fsp3) is 0.130. The van der Waals surface area contributed by atoms with Gasteiger partial charge in [0.25, 0.3) is 0 Å². The lowest BCUT2D eigenvalue weighted by Crippen LogP contribution is -2.19. The maximum absolute atomic E-state index is 14.0. The number of ether oxygens (including phenoxy) is 2. The van der Waals surface area contributed by atoms with Crippen LogP contribution in [0.15, 0.2) is 66.7 Å². The summed E-state index contributed by atoms with van der Waals surface area (Å²) in [4.78, 5) is 0. The Morgan fingerprint density at radius 3 is 2.61 bits per heavy atom. The van der Waals surface area contributed by atoms with Gasteiger partial charge < -0.3 is 14.6 Å². The second-order valence-electron chi connectivity index (χ2n) is 6.51. The van der Waals surface area contributed by atoms with Gasteiger partial charge in [-0.1, -0.05) is 48.0 Å². The highest BCUT2D eigenvalue weighted by molar-refractivity contribution is 6.31. The molecule has 142 valence electrons. The van der Waals surface area contributed by atoms with Crippen LogP contribution in [0.3, 0.4) is 0 Å². The molecule has 1 N–H and O–H groups in total. The summed E-state index contributed by atoms with van der Waals surface area (Å²) in [7, 11) is 0. The summed E-state index contributed by atoms with van der Waals surface area (Å²) in [5.74, 6) is 0.676. The number of aliphatic hydroxyl groups is 1. The number of halogens is 2. The van der Waals surface area contributed by atoms with E-state index in [1.54, 1.807) is 18.2 Å². The van der Waals surface area contributed by atoms with E-state index in [0.717, 1.165) is 22.3 Å². The van der Waals surface area contributed by atoms with E-state index in [1.807, 2.05) is 49.4 Å². The second-order valence-corrected chi connectivity index (χ2v) is 6.92. The fourth-order valence-corrected chi connectivity index (χ4v) is 3.49. The molecule has 0 saturated carbocycles. The number of aliphatic hydroxyl groups excluding tert-OH is 1. The first-order valence-corrected chi connectivity index (χ1v) is 9.24. The van der Waals surface area contributed by atoms with Crippen molar-refractivity contribution in [1.82, 2.24) is 0 Å². The lowest BCUT2D eigenvalue weighted by Gasteiger charge is -2.25. The summed E-state index contributed by atoms with van der Waals surface area (Å²) < 4.78 is 25.5. The van der Waals surface area contributed by atoms with Gasteiger partial charge >= 0.3 is 0 Å². The second kappa shape index (κ2) is 7.66. The summed E-state index contributed by atoms with van der Waals surface area (Å²) in [5.41, 5.74) is 3.77. The highest BCUT2D eigenvalue weighted by atomic mass is 35.5. The number of fused-ring (bicyclic) bond motifs is 1. The average Bonchev–Trinajstić information content (AvgIpc) is 2.69. The molecule has 0 spiro atoms. The van der Waals surface area contributed by atoms with E-state index in [0.29, 0.717) is 22.1 Å². The molecule has 0 aliphatic carbocycles. The molecule has 0 aromatic heterocycles. The number of benzene rings is 3. The first-order chi connectivity index (χ1) is 13.5. The van der Waals surface area contributed by atoms with Crippen molar-refractivity contribution >= 4 is 17.2 Å². The van der Waals surface area contributed by atoms with Crippen molar-refractivity contribution < 1.29 is 19.0 Å². The van der Waals surface area contributed by atoms with Crippen molar-refractivity contribution in [3.63, 3.8) is 0 Å². The topological polar surface area (TPSA) is 38.7 Å². The summed E-state index contributed by atoms with van der Waals surface area (Å²) >= 11 is 6.07. The molecule has 0 radical (unpaired) electrons. The Morgan fingerprint density at radius 2 is 1.86 bits per heavy atom. The molecule has 0 fully saturated rings. The van der Waals surface area contributed by atoms with Crippen molar-refractivity contribution in [1.29, 1.82) is 0 Å². The molecule has 1 atom stereocenters. The lowest BCUT2D eigenvalue weighted by atomic mass is 9.93. The predicted molar refractivity (Wildman–Crippen MR) is 107 cm³/mol. The van der Waals surface area contributed by atoms with Crippen LogP contribution in [0.25, 0.3) is 5.57 Å². The third-order valence-corrected chi connectivity index (χ3v) is 5.07. The Kier molecular flexibility index (Phi) is 5.07. The highest BCUT2D eigenvalue weighted by Crippen LogP contribution is 2.41. The third kappa shape index (κ3) is 3.49. The van der Waals surface area contributed by atoms with Gasteiger partial charge in [-0.25, -0.2) is 4.39 Å². The minimum absolute atomic E-state index is 0.00489. The molecule has 3 aromatic carbocycles. The van der Waals surface area contributed by atoms with Gasteiger partial charge in [-0.3, -0.25) is 0 Å². The molecule has 0 bridgehead atoms.